The number of hydrogen-bond donors (Lipinski definition) is 1. The Morgan fingerprint density at radius 3 is 2.58 bits per heavy atom. The van der Waals surface area contributed by atoms with Crippen LogP contribution in [0.15, 0.2) is 60.9 Å². The van der Waals surface area contributed by atoms with Gasteiger partial charge >= 0.3 is 5.97 Å². The molecule has 1 aliphatic heterocycles. The molecule has 1 atom stereocenters. The molecular weight excluding hydrogens is 486 g/mol. The Morgan fingerprint density at radius 2 is 1.92 bits per heavy atom. The van der Waals surface area contributed by atoms with Crippen molar-refractivity contribution >= 4 is 37.4 Å². The summed E-state index contributed by atoms with van der Waals surface area (Å²) in [4.78, 5) is 35.2. The van der Waals surface area contributed by atoms with Gasteiger partial charge in [-0.05, 0) is 60.4 Å². The lowest BCUT2D eigenvalue weighted by Gasteiger charge is -2.34. The van der Waals surface area contributed by atoms with Gasteiger partial charge in [0.1, 0.15) is 25.3 Å². The number of aromatic nitrogens is 2. The third kappa shape index (κ3) is 6.26. The van der Waals surface area contributed by atoms with Crippen molar-refractivity contribution in [1.82, 2.24) is 9.97 Å². The Hall–Kier alpha value is -4.05. The summed E-state index contributed by atoms with van der Waals surface area (Å²) in [5.74, 6) is -1.88. The molecule has 10 heteroatoms. The number of nitrogens with one attached hydrogen (secondary N) is 1. The second-order valence-corrected chi connectivity index (χ2v) is 8.76. The zero-order valence-electron chi connectivity index (χ0n) is 21.3. The molecule has 1 amide bonds. The summed E-state index contributed by atoms with van der Waals surface area (Å²) in [6.45, 7) is 0.913. The van der Waals surface area contributed by atoms with E-state index in [9.17, 15) is 9.59 Å². The van der Waals surface area contributed by atoms with Gasteiger partial charge in [-0.1, -0.05) is 12.1 Å². The molecule has 3 heterocycles. The molecule has 1 saturated heterocycles. The molecule has 194 valence electrons. The minimum absolute atomic E-state index is 0.145. The number of pyridine rings is 2. The molecule has 38 heavy (non-hydrogen) atoms. The van der Waals surface area contributed by atoms with E-state index in [-0.39, 0.29) is 23.2 Å². The molecule has 1 fully saturated rings. The Kier molecular flexibility index (Phi) is 8.86. The first-order valence-electron chi connectivity index (χ1n) is 12.2. The Labute approximate surface area is 222 Å². The van der Waals surface area contributed by atoms with Crippen molar-refractivity contribution in [2.75, 3.05) is 37.6 Å². The van der Waals surface area contributed by atoms with Crippen molar-refractivity contribution in [3.8, 4) is 11.1 Å². The number of hydrogen-bond acceptors (Lipinski definition) is 7. The van der Waals surface area contributed by atoms with Crippen molar-refractivity contribution in [2.45, 2.75) is 18.8 Å². The standard InChI is InChI=1S/C28H28BFN4O4/c1-31-24-7-5-21(17-33-24)20-4-6-22(23(30)16-20)27(29)34(28(36)19-10-13-38-14-11-19)25-15-18(9-12-32-25)3-8-26(35)37-2/h3-9,12,15-17,19,27H,10-11,13-14H2,1-2H3,(H,31,33)/b8-3+. The van der Waals surface area contributed by atoms with E-state index < -0.39 is 17.7 Å². The minimum Gasteiger partial charge on any atom is -0.466 e. The zero-order chi connectivity index (χ0) is 27.1. The number of carbonyl (C=O) groups excluding carboxylic acids is 2. The SMILES string of the molecule is [B]C(c1ccc(-c2ccc(NC)nc2)cc1F)N(C(=O)C1CCOCC1)c1cc(/C=C/C(=O)OC)ccn1. The molecular formula is C28H28BFN4O4. The molecule has 2 radical (unpaired) electrons. The summed E-state index contributed by atoms with van der Waals surface area (Å²) in [7, 11) is 9.63. The largest absolute Gasteiger partial charge is 0.466 e. The number of benzene rings is 1. The first-order valence-corrected chi connectivity index (χ1v) is 12.2. The van der Waals surface area contributed by atoms with Gasteiger partial charge in [0.25, 0.3) is 0 Å². The van der Waals surface area contributed by atoms with Crippen molar-refractivity contribution in [1.29, 1.82) is 0 Å². The first kappa shape index (κ1) is 27.0. The summed E-state index contributed by atoms with van der Waals surface area (Å²) in [6, 6.07) is 11.6. The van der Waals surface area contributed by atoms with Gasteiger partial charge in [0, 0.05) is 61.7 Å². The quantitative estimate of drug-likeness (QED) is 0.275. The molecule has 4 rings (SSSR count). The highest BCUT2D eigenvalue weighted by Gasteiger charge is 2.32. The van der Waals surface area contributed by atoms with Crippen LogP contribution < -0.4 is 10.2 Å². The van der Waals surface area contributed by atoms with Crippen molar-refractivity contribution in [3.63, 3.8) is 0 Å². The predicted molar refractivity (Wildman–Crippen MR) is 144 cm³/mol. The van der Waals surface area contributed by atoms with Crippen LogP contribution in [0.25, 0.3) is 17.2 Å². The van der Waals surface area contributed by atoms with Gasteiger partial charge in [0.2, 0.25) is 5.91 Å². The van der Waals surface area contributed by atoms with Gasteiger partial charge in [-0.3, -0.25) is 9.69 Å². The molecule has 0 bridgehead atoms. The fraction of sp³-hybridized carbons (Fsp3) is 0.286. The lowest BCUT2D eigenvalue weighted by molar-refractivity contribution is -0.134. The fourth-order valence-corrected chi connectivity index (χ4v) is 4.23. The molecule has 3 aromatic rings. The molecule has 0 saturated carbocycles. The molecule has 0 aliphatic carbocycles. The lowest BCUT2D eigenvalue weighted by Crippen LogP contribution is -2.42. The summed E-state index contributed by atoms with van der Waals surface area (Å²) in [5.41, 5.74) is 2.12. The van der Waals surface area contributed by atoms with Gasteiger partial charge in [0.15, 0.2) is 0 Å². The number of anilines is 2. The predicted octanol–water partition coefficient (Wildman–Crippen LogP) is 4.14. The Morgan fingerprint density at radius 1 is 1.16 bits per heavy atom. The maximum Gasteiger partial charge on any atom is 0.330 e. The number of amides is 1. The molecule has 0 spiro atoms. The van der Waals surface area contributed by atoms with E-state index in [2.05, 4.69) is 20.0 Å². The van der Waals surface area contributed by atoms with Crippen LogP contribution in [0.4, 0.5) is 16.0 Å². The molecule has 1 aromatic carbocycles. The summed E-state index contributed by atoms with van der Waals surface area (Å²) in [6.07, 6.45) is 7.02. The lowest BCUT2D eigenvalue weighted by atomic mass is 9.84. The Bertz CT molecular complexity index is 1310. The van der Waals surface area contributed by atoms with E-state index in [1.807, 2.05) is 6.07 Å². The van der Waals surface area contributed by atoms with Crippen LogP contribution in [0.3, 0.4) is 0 Å². The van der Waals surface area contributed by atoms with Gasteiger partial charge < -0.3 is 14.8 Å². The number of halogens is 1. The molecule has 2 aromatic heterocycles. The molecule has 1 unspecified atom stereocenters. The van der Waals surface area contributed by atoms with Crippen LogP contribution in [-0.2, 0) is 19.1 Å². The van der Waals surface area contributed by atoms with Crippen LogP contribution >= 0.6 is 0 Å². The normalized spacial score (nSPS) is 14.7. The van der Waals surface area contributed by atoms with E-state index in [0.717, 1.165) is 5.56 Å². The summed E-state index contributed by atoms with van der Waals surface area (Å²) < 4.78 is 25.5. The van der Waals surface area contributed by atoms with E-state index >= 15 is 4.39 Å². The molecule has 8 nitrogen and oxygen atoms in total. The second kappa shape index (κ2) is 12.5. The minimum atomic E-state index is -1.14. The van der Waals surface area contributed by atoms with Gasteiger partial charge in [-0.2, -0.15) is 0 Å². The van der Waals surface area contributed by atoms with Crippen LogP contribution in [0, 0.1) is 11.7 Å². The van der Waals surface area contributed by atoms with Gasteiger partial charge in [0.05, 0.1) is 7.11 Å². The monoisotopic (exact) mass is 514 g/mol. The van der Waals surface area contributed by atoms with Gasteiger partial charge in [-0.25, -0.2) is 19.2 Å². The van der Waals surface area contributed by atoms with Gasteiger partial charge in [-0.15, -0.1) is 0 Å². The van der Waals surface area contributed by atoms with Crippen molar-refractivity contribution in [2.24, 2.45) is 5.92 Å². The van der Waals surface area contributed by atoms with Crippen LogP contribution in [-0.4, -0.2) is 57.1 Å². The van der Waals surface area contributed by atoms with Crippen LogP contribution in [0.5, 0.6) is 0 Å². The number of methoxy groups -OCH3 is 1. The van der Waals surface area contributed by atoms with Crippen molar-refractivity contribution in [3.05, 3.63) is 77.9 Å². The fourth-order valence-electron chi connectivity index (χ4n) is 4.23. The number of ether oxygens (including phenoxy) is 2. The average molecular weight is 514 g/mol. The zero-order valence-corrected chi connectivity index (χ0v) is 21.3. The smallest absolute Gasteiger partial charge is 0.330 e. The van der Waals surface area contributed by atoms with E-state index in [4.69, 9.17) is 12.6 Å². The highest BCUT2D eigenvalue weighted by Crippen LogP contribution is 2.32. The summed E-state index contributed by atoms with van der Waals surface area (Å²) >= 11 is 0. The number of carbonyl (C=O) groups is 2. The molecule has 1 N–H and O–H groups in total. The van der Waals surface area contributed by atoms with Crippen LogP contribution in [0.2, 0.25) is 0 Å². The third-order valence-corrected chi connectivity index (χ3v) is 6.39. The maximum absolute atomic E-state index is 15.5. The number of esters is 1. The van der Waals surface area contributed by atoms with Crippen LogP contribution in [0.1, 0.15) is 29.9 Å². The number of nitrogens with zero attached hydrogens (tertiary/aromatic N) is 3. The topological polar surface area (TPSA) is 93.7 Å². The summed E-state index contributed by atoms with van der Waals surface area (Å²) in [5, 5.41) is 2.95. The molecule has 1 aliphatic rings. The maximum atomic E-state index is 15.5. The number of rotatable bonds is 8. The van der Waals surface area contributed by atoms with Crippen molar-refractivity contribution < 1.29 is 23.5 Å². The average Bonchev–Trinajstić information content (AvgIpc) is 2.96. The van der Waals surface area contributed by atoms with E-state index in [1.54, 1.807) is 49.7 Å². The van der Waals surface area contributed by atoms with E-state index in [1.165, 1.54) is 30.3 Å². The highest BCUT2D eigenvalue weighted by atomic mass is 19.1. The second-order valence-electron chi connectivity index (χ2n) is 8.76. The highest BCUT2D eigenvalue weighted by molar-refractivity contribution is 6.17. The third-order valence-electron chi connectivity index (χ3n) is 6.39. The van der Waals surface area contributed by atoms with E-state index in [0.29, 0.717) is 43.0 Å². The first-order chi connectivity index (χ1) is 18.4. The Balaban J connectivity index is 1.69.